The van der Waals surface area contributed by atoms with Crippen molar-refractivity contribution in [2.45, 2.75) is 38.5 Å². The number of rotatable bonds is 2. The maximum absolute atomic E-state index is 11.1. The van der Waals surface area contributed by atoms with Gasteiger partial charge in [0.05, 0.1) is 5.60 Å². The lowest BCUT2D eigenvalue weighted by molar-refractivity contribution is -0.0960. The van der Waals surface area contributed by atoms with E-state index in [1.807, 2.05) is 19.1 Å². The largest absolute Gasteiger partial charge is 0.389 e. The van der Waals surface area contributed by atoms with Gasteiger partial charge in [0.1, 0.15) is 0 Å². The van der Waals surface area contributed by atoms with Crippen LogP contribution in [0.15, 0.2) is 60.7 Å². The zero-order chi connectivity index (χ0) is 15.7. The van der Waals surface area contributed by atoms with Gasteiger partial charge in [-0.1, -0.05) is 74.5 Å². The zero-order valence-corrected chi connectivity index (χ0v) is 13.5. The predicted octanol–water partition coefficient (Wildman–Crippen LogP) is 4.10. The Labute approximate surface area is 133 Å². The molecular formula is C20H25NO. The summed E-state index contributed by atoms with van der Waals surface area (Å²) in [4.78, 5) is 0. The first-order chi connectivity index (χ1) is 10.5. The van der Waals surface area contributed by atoms with Gasteiger partial charge < -0.3 is 10.4 Å². The van der Waals surface area contributed by atoms with E-state index in [0.29, 0.717) is 0 Å². The van der Waals surface area contributed by atoms with Gasteiger partial charge in [0.15, 0.2) is 0 Å². The molecule has 1 saturated heterocycles. The van der Waals surface area contributed by atoms with Crippen molar-refractivity contribution in [2.24, 2.45) is 11.8 Å². The van der Waals surface area contributed by atoms with Crippen molar-refractivity contribution in [3.63, 3.8) is 0 Å². The van der Waals surface area contributed by atoms with Crippen LogP contribution in [0.1, 0.15) is 44.0 Å². The van der Waals surface area contributed by atoms with E-state index in [4.69, 9.17) is 0 Å². The van der Waals surface area contributed by atoms with Gasteiger partial charge in [-0.2, -0.15) is 0 Å². The first-order valence-corrected chi connectivity index (χ1v) is 8.10. The van der Waals surface area contributed by atoms with E-state index < -0.39 is 5.60 Å². The minimum atomic E-state index is -0.716. The lowest BCUT2D eigenvalue weighted by Crippen LogP contribution is -2.56. The minimum Gasteiger partial charge on any atom is -0.389 e. The van der Waals surface area contributed by atoms with Crippen LogP contribution in [0.25, 0.3) is 0 Å². The molecule has 0 bridgehead atoms. The van der Waals surface area contributed by atoms with Crippen LogP contribution in [0.4, 0.5) is 0 Å². The molecule has 2 aromatic rings. The Morgan fingerprint density at radius 2 is 1.14 bits per heavy atom. The fraction of sp³-hybridized carbons (Fsp3) is 0.400. The van der Waals surface area contributed by atoms with E-state index in [-0.39, 0.29) is 23.9 Å². The van der Waals surface area contributed by atoms with Crippen LogP contribution in [-0.2, 0) is 0 Å². The second-order valence-corrected chi connectivity index (χ2v) is 6.75. The molecule has 0 aliphatic carbocycles. The number of hydrogen-bond acceptors (Lipinski definition) is 2. The van der Waals surface area contributed by atoms with Crippen molar-refractivity contribution < 1.29 is 5.11 Å². The molecule has 0 saturated carbocycles. The Morgan fingerprint density at radius 3 is 1.50 bits per heavy atom. The summed E-state index contributed by atoms with van der Waals surface area (Å²) in [7, 11) is 0. The van der Waals surface area contributed by atoms with Crippen LogP contribution in [0.5, 0.6) is 0 Å². The summed E-state index contributed by atoms with van der Waals surface area (Å²) in [6, 6.07) is 21.2. The van der Waals surface area contributed by atoms with Gasteiger partial charge in [-0.3, -0.25) is 0 Å². The highest BCUT2D eigenvalue weighted by atomic mass is 16.3. The fourth-order valence-electron chi connectivity index (χ4n) is 3.66. The van der Waals surface area contributed by atoms with Gasteiger partial charge in [0.25, 0.3) is 0 Å². The smallest absolute Gasteiger partial charge is 0.0706 e. The Morgan fingerprint density at radius 1 is 0.773 bits per heavy atom. The summed E-state index contributed by atoms with van der Waals surface area (Å²) in [6.07, 6.45) is 0. The topological polar surface area (TPSA) is 32.3 Å². The van der Waals surface area contributed by atoms with Crippen molar-refractivity contribution in [2.75, 3.05) is 0 Å². The molecule has 0 amide bonds. The molecule has 1 aliphatic heterocycles. The van der Waals surface area contributed by atoms with Crippen molar-refractivity contribution >= 4 is 0 Å². The molecule has 2 aromatic carbocycles. The number of benzene rings is 2. The Kier molecular flexibility index (Phi) is 4.07. The van der Waals surface area contributed by atoms with E-state index >= 15 is 0 Å². The monoisotopic (exact) mass is 295 g/mol. The van der Waals surface area contributed by atoms with Crippen LogP contribution in [-0.4, -0.2) is 10.7 Å². The lowest BCUT2D eigenvalue weighted by atomic mass is 9.67. The van der Waals surface area contributed by atoms with Crippen LogP contribution >= 0.6 is 0 Å². The molecule has 2 nitrogen and oxygen atoms in total. The molecule has 116 valence electrons. The Bertz CT molecular complexity index is 555. The summed E-state index contributed by atoms with van der Waals surface area (Å²) in [5.41, 5.74) is 1.76. The predicted molar refractivity (Wildman–Crippen MR) is 90.5 cm³/mol. The third kappa shape index (κ3) is 2.57. The second kappa shape index (κ2) is 5.86. The lowest BCUT2D eigenvalue weighted by Gasteiger charge is -2.50. The summed E-state index contributed by atoms with van der Waals surface area (Å²) < 4.78 is 0. The van der Waals surface area contributed by atoms with Gasteiger partial charge in [0, 0.05) is 23.9 Å². The number of aliphatic hydroxyl groups is 1. The Balaban J connectivity index is 1.99. The molecule has 1 heterocycles. The van der Waals surface area contributed by atoms with Crippen LogP contribution in [0.2, 0.25) is 0 Å². The van der Waals surface area contributed by atoms with Crippen LogP contribution in [0.3, 0.4) is 0 Å². The van der Waals surface area contributed by atoms with E-state index in [2.05, 4.69) is 67.7 Å². The normalized spacial score (nSPS) is 35.3. The summed E-state index contributed by atoms with van der Waals surface area (Å²) in [5, 5.41) is 14.9. The molecule has 1 aliphatic rings. The quantitative estimate of drug-likeness (QED) is 0.874. The highest BCUT2D eigenvalue weighted by Crippen LogP contribution is 2.46. The summed E-state index contributed by atoms with van der Waals surface area (Å²) in [6.45, 7) is 6.26. The average Bonchev–Trinajstić information content (AvgIpc) is 2.55. The van der Waals surface area contributed by atoms with Gasteiger partial charge in [-0.05, 0) is 18.1 Å². The number of piperidine rings is 1. The minimum absolute atomic E-state index is 0.143. The van der Waals surface area contributed by atoms with E-state index in [9.17, 15) is 5.11 Å². The molecule has 1 unspecified atom stereocenters. The zero-order valence-electron chi connectivity index (χ0n) is 13.5. The second-order valence-electron chi connectivity index (χ2n) is 6.75. The highest BCUT2D eigenvalue weighted by molar-refractivity contribution is 5.27. The average molecular weight is 295 g/mol. The third-order valence-electron chi connectivity index (χ3n) is 5.52. The Hall–Kier alpha value is -1.64. The van der Waals surface area contributed by atoms with Gasteiger partial charge in [-0.25, -0.2) is 0 Å². The van der Waals surface area contributed by atoms with Crippen molar-refractivity contribution in [3.05, 3.63) is 71.8 Å². The molecule has 0 radical (unpaired) electrons. The van der Waals surface area contributed by atoms with Gasteiger partial charge in [0.2, 0.25) is 0 Å². The molecule has 1 fully saturated rings. The molecule has 3 rings (SSSR count). The molecule has 0 aromatic heterocycles. The summed E-state index contributed by atoms with van der Waals surface area (Å²) >= 11 is 0. The van der Waals surface area contributed by atoms with Gasteiger partial charge >= 0.3 is 0 Å². The standard InChI is InChI=1S/C20H25NO/c1-14-18(16-10-6-4-7-11-16)21-19(15(2)20(14,3)22)17-12-8-5-9-13-17/h4-15,18-19,21-22H,1-3H3/t14-,15-,18-,19+,20?/m0/s1. The maximum atomic E-state index is 11.1. The van der Waals surface area contributed by atoms with E-state index in [1.165, 1.54) is 11.1 Å². The van der Waals surface area contributed by atoms with Crippen LogP contribution in [0, 0.1) is 11.8 Å². The molecule has 2 heteroatoms. The van der Waals surface area contributed by atoms with Crippen molar-refractivity contribution in [1.82, 2.24) is 5.32 Å². The molecular weight excluding hydrogens is 270 g/mol. The van der Waals surface area contributed by atoms with Crippen molar-refractivity contribution in [3.8, 4) is 0 Å². The molecule has 5 atom stereocenters. The van der Waals surface area contributed by atoms with E-state index in [1.54, 1.807) is 0 Å². The SMILES string of the molecule is C[C@H]1[C@@H](c2ccccc2)N[C@@H](c2ccccc2)[C@H](C)C1(C)O. The maximum Gasteiger partial charge on any atom is 0.0706 e. The highest BCUT2D eigenvalue weighted by Gasteiger charge is 2.48. The molecule has 2 N–H and O–H groups in total. The summed E-state index contributed by atoms with van der Waals surface area (Å²) in [5.74, 6) is 0.287. The number of hydrogen-bond donors (Lipinski definition) is 2. The third-order valence-corrected chi connectivity index (χ3v) is 5.52. The van der Waals surface area contributed by atoms with Crippen LogP contribution < -0.4 is 5.32 Å². The van der Waals surface area contributed by atoms with Gasteiger partial charge in [-0.15, -0.1) is 0 Å². The number of nitrogens with one attached hydrogen (secondary N) is 1. The van der Waals surface area contributed by atoms with E-state index in [0.717, 1.165) is 0 Å². The first-order valence-electron chi connectivity index (χ1n) is 8.10. The molecule has 0 spiro atoms. The first kappa shape index (κ1) is 15.3. The molecule has 22 heavy (non-hydrogen) atoms. The van der Waals surface area contributed by atoms with Crippen molar-refractivity contribution in [1.29, 1.82) is 0 Å². The fourth-order valence-corrected chi connectivity index (χ4v) is 3.66.